The van der Waals surface area contributed by atoms with Gasteiger partial charge in [-0.2, -0.15) is 0 Å². The fourth-order valence-electron chi connectivity index (χ4n) is 1.97. The highest BCUT2D eigenvalue weighted by atomic mass is 35.5. The molecule has 2 amide bonds. The molecule has 1 aromatic rings. The predicted molar refractivity (Wildman–Crippen MR) is 83.1 cm³/mol. The van der Waals surface area contributed by atoms with Gasteiger partial charge >= 0.3 is 6.03 Å². The van der Waals surface area contributed by atoms with Gasteiger partial charge in [0.2, 0.25) is 0 Å². The maximum absolute atomic E-state index is 12.1. The lowest BCUT2D eigenvalue weighted by molar-refractivity contribution is 0.0564. The monoisotopic (exact) mass is 313 g/mol. The molecule has 0 radical (unpaired) electrons. The van der Waals surface area contributed by atoms with Crippen LogP contribution in [0, 0.1) is 0 Å². The Hall–Kier alpha value is -1.50. The Morgan fingerprint density at radius 3 is 2.81 bits per heavy atom. The zero-order chi connectivity index (χ0) is 15.1. The summed E-state index contributed by atoms with van der Waals surface area (Å²) in [7, 11) is 0. The van der Waals surface area contributed by atoms with Gasteiger partial charge in [0.05, 0.1) is 25.2 Å². The van der Waals surface area contributed by atoms with E-state index in [2.05, 4.69) is 10.6 Å². The molecule has 0 saturated carbocycles. The van der Waals surface area contributed by atoms with E-state index in [-0.39, 0.29) is 11.9 Å². The van der Waals surface area contributed by atoms with Crippen LogP contribution >= 0.6 is 11.6 Å². The third-order valence-corrected chi connectivity index (χ3v) is 3.49. The molecule has 3 N–H and O–H groups in total. The number of morpholine rings is 1. The minimum absolute atomic E-state index is 0.128. The van der Waals surface area contributed by atoms with E-state index in [0.717, 1.165) is 5.69 Å². The van der Waals surface area contributed by atoms with Crippen LogP contribution in [0.4, 0.5) is 16.2 Å². The van der Waals surface area contributed by atoms with Gasteiger partial charge in [-0.3, -0.25) is 0 Å². The van der Waals surface area contributed by atoms with E-state index in [9.17, 15) is 9.90 Å². The first-order valence-electron chi connectivity index (χ1n) is 6.90. The number of urea groups is 1. The smallest absolute Gasteiger partial charge is 0.322 e. The van der Waals surface area contributed by atoms with Crippen molar-refractivity contribution in [1.29, 1.82) is 0 Å². The second kappa shape index (κ2) is 8.07. The van der Waals surface area contributed by atoms with Crippen LogP contribution in [0.5, 0.6) is 0 Å². The highest BCUT2D eigenvalue weighted by Gasteiger charge is 2.16. The molecule has 1 saturated heterocycles. The van der Waals surface area contributed by atoms with Crippen molar-refractivity contribution in [2.45, 2.75) is 6.10 Å². The number of rotatable bonds is 5. The number of carbonyl (C=O) groups excluding carboxylic acids is 1. The molecule has 0 bridgehead atoms. The summed E-state index contributed by atoms with van der Waals surface area (Å²) in [6.07, 6.45) is -0.599. The molecule has 1 aliphatic rings. The van der Waals surface area contributed by atoms with Crippen molar-refractivity contribution in [3.05, 3.63) is 24.3 Å². The van der Waals surface area contributed by atoms with Crippen molar-refractivity contribution in [3.63, 3.8) is 0 Å². The SMILES string of the molecule is O=C(Nc1cccc(NCC(O)CCl)c1)N1CCOCC1. The fourth-order valence-corrected chi connectivity index (χ4v) is 2.08. The molecule has 7 heteroatoms. The first kappa shape index (κ1) is 15.9. The topological polar surface area (TPSA) is 73.8 Å². The van der Waals surface area contributed by atoms with E-state index >= 15 is 0 Å². The van der Waals surface area contributed by atoms with Gasteiger partial charge in [-0.25, -0.2) is 4.79 Å². The number of amides is 2. The van der Waals surface area contributed by atoms with E-state index in [1.165, 1.54) is 0 Å². The largest absolute Gasteiger partial charge is 0.390 e. The molecule has 2 rings (SSSR count). The summed E-state index contributed by atoms with van der Waals surface area (Å²) in [5.41, 5.74) is 1.52. The molecule has 1 aromatic carbocycles. The lowest BCUT2D eigenvalue weighted by Crippen LogP contribution is -2.43. The Balaban J connectivity index is 1.89. The van der Waals surface area contributed by atoms with E-state index in [4.69, 9.17) is 16.3 Å². The number of hydrogen-bond acceptors (Lipinski definition) is 4. The third kappa shape index (κ3) is 5.08. The number of nitrogens with one attached hydrogen (secondary N) is 2. The number of aliphatic hydroxyl groups is 1. The second-order valence-corrected chi connectivity index (χ2v) is 5.11. The number of anilines is 2. The molecular formula is C14H20ClN3O3. The van der Waals surface area contributed by atoms with Gasteiger partial charge < -0.3 is 25.4 Å². The molecule has 21 heavy (non-hydrogen) atoms. The van der Waals surface area contributed by atoms with E-state index in [1.807, 2.05) is 24.3 Å². The molecule has 1 heterocycles. The maximum atomic E-state index is 12.1. The summed E-state index contributed by atoms with van der Waals surface area (Å²) in [6.45, 7) is 2.72. The summed E-state index contributed by atoms with van der Waals surface area (Å²) >= 11 is 5.54. The first-order chi connectivity index (χ1) is 10.2. The zero-order valence-corrected chi connectivity index (χ0v) is 12.5. The van der Waals surface area contributed by atoms with Crippen LogP contribution in [-0.4, -0.2) is 60.9 Å². The van der Waals surface area contributed by atoms with E-state index in [0.29, 0.717) is 38.5 Å². The van der Waals surface area contributed by atoms with Crippen molar-refractivity contribution < 1.29 is 14.6 Å². The van der Waals surface area contributed by atoms with Gasteiger partial charge in [0.25, 0.3) is 0 Å². The number of hydrogen-bond donors (Lipinski definition) is 3. The molecule has 6 nitrogen and oxygen atoms in total. The van der Waals surface area contributed by atoms with Crippen LogP contribution in [0.1, 0.15) is 0 Å². The Morgan fingerprint density at radius 2 is 2.10 bits per heavy atom. The van der Waals surface area contributed by atoms with Crippen LogP contribution in [0.15, 0.2) is 24.3 Å². The van der Waals surface area contributed by atoms with Crippen LogP contribution in [0.2, 0.25) is 0 Å². The number of halogens is 1. The van der Waals surface area contributed by atoms with Gasteiger partial charge in [-0.05, 0) is 18.2 Å². The van der Waals surface area contributed by atoms with Crippen molar-refractivity contribution in [2.24, 2.45) is 0 Å². The van der Waals surface area contributed by atoms with Crippen molar-refractivity contribution in [1.82, 2.24) is 4.90 Å². The van der Waals surface area contributed by atoms with Gasteiger partial charge in [0.15, 0.2) is 0 Å². The summed E-state index contributed by atoms with van der Waals surface area (Å²) < 4.78 is 5.22. The molecule has 1 atom stereocenters. The zero-order valence-electron chi connectivity index (χ0n) is 11.7. The lowest BCUT2D eigenvalue weighted by Gasteiger charge is -2.27. The number of aliphatic hydroxyl groups excluding tert-OH is 1. The molecule has 0 spiro atoms. The van der Waals surface area contributed by atoms with E-state index < -0.39 is 6.10 Å². The molecule has 0 aromatic heterocycles. The van der Waals surface area contributed by atoms with Crippen LogP contribution in [0.25, 0.3) is 0 Å². The van der Waals surface area contributed by atoms with E-state index in [1.54, 1.807) is 4.90 Å². The Bertz CT molecular complexity index is 467. The summed E-state index contributed by atoms with van der Waals surface area (Å²) in [6, 6.07) is 7.22. The second-order valence-electron chi connectivity index (χ2n) is 4.80. The Kier molecular flexibility index (Phi) is 6.10. The molecule has 116 valence electrons. The summed E-state index contributed by atoms with van der Waals surface area (Å²) in [5.74, 6) is 0.181. The molecular weight excluding hydrogens is 294 g/mol. The summed E-state index contributed by atoms with van der Waals surface area (Å²) in [4.78, 5) is 13.8. The predicted octanol–water partition coefficient (Wildman–Crippen LogP) is 1.56. The van der Waals surface area contributed by atoms with Crippen molar-refractivity contribution in [2.75, 3.05) is 49.4 Å². The molecule has 0 aliphatic carbocycles. The third-order valence-electron chi connectivity index (χ3n) is 3.13. The van der Waals surface area contributed by atoms with Crippen LogP contribution in [0.3, 0.4) is 0 Å². The van der Waals surface area contributed by atoms with Gasteiger partial charge in [0.1, 0.15) is 0 Å². The maximum Gasteiger partial charge on any atom is 0.322 e. The minimum atomic E-state index is -0.599. The van der Waals surface area contributed by atoms with Crippen LogP contribution in [-0.2, 0) is 4.74 Å². The molecule has 1 aliphatic heterocycles. The quantitative estimate of drug-likeness (QED) is 0.721. The van der Waals surface area contributed by atoms with Gasteiger partial charge in [0, 0.05) is 31.0 Å². The highest BCUT2D eigenvalue weighted by Crippen LogP contribution is 2.16. The average Bonchev–Trinajstić information content (AvgIpc) is 2.53. The number of benzene rings is 1. The molecule has 1 fully saturated rings. The standard InChI is InChI=1S/C14H20ClN3O3/c15-9-13(19)10-16-11-2-1-3-12(8-11)17-14(20)18-4-6-21-7-5-18/h1-3,8,13,16,19H,4-7,9-10H2,(H,17,20). The fraction of sp³-hybridized carbons (Fsp3) is 0.500. The van der Waals surface area contributed by atoms with Crippen molar-refractivity contribution >= 4 is 29.0 Å². The van der Waals surface area contributed by atoms with Gasteiger partial charge in [-0.15, -0.1) is 11.6 Å². The van der Waals surface area contributed by atoms with Crippen LogP contribution < -0.4 is 10.6 Å². The minimum Gasteiger partial charge on any atom is -0.390 e. The number of nitrogens with zero attached hydrogens (tertiary/aromatic N) is 1. The number of ether oxygens (including phenoxy) is 1. The van der Waals surface area contributed by atoms with Crippen molar-refractivity contribution in [3.8, 4) is 0 Å². The Labute approximate surface area is 129 Å². The molecule has 1 unspecified atom stereocenters. The lowest BCUT2D eigenvalue weighted by atomic mass is 10.2. The number of carbonyl (C=O) groups is 1. The Morgan fingerprint density at radius 1 is 1.38 bits per heavy atom. The number of alkyl halides is 1. The first-order valence-corrected chi connectivity index (χ1v) is 7.44. The normalized spacial score (nSPS) is 16.4. The van der Waals surface area contributed by atoms with Gasteiger partial charge in [-0.1, -0.05) is 6.07 Å². The summed E-state index contributed by atoms with van der Waals surface area (Å²) in [5, 5.41) is 15.3. The highest BCUT2D eigenvalue weighted by molar-refractivity contribution is 6.18. The average molecular weight is 314 g/mol.